The van der Waals surface area contributed by atoms with Crippen molar-refractivity contribution in [1.29, 1.82) is 0 Å². The van der Waals surface area contributed by atoms with Crippen LogP contribution in [0.15, 0.2) is 24.3 Å². The van der Waals surface area contributed by atoms with E-state index in [1.54, 1.807) is 24.3 Å². The number of carbonyl (C=O) groups is 1. The first-order chi connectivity index (χ1) is 7.92. The van der Waals surface area contributed by atoms with E-state index < -0.39 is 5.60 Å². The number of anilines is 1. The summed E-state index contributed by atoms with van der Waals surface area (Å²) in [5, 5.41) is 3.02. The Morgan fingerprint density at radius 3 is 2.41 bits per heavy atom. The first-order valence-electron chi connectivity index (χ1n) is 5.43. The summed E-state index contributed by atoms with van der Waals surface area (Å²) in [6.45, 7) is 5.99. The van der Waals surface area contributed by atoms with Crippen LogP contribution in [0.1, 0.15) is 31.1 Å². The standard InChI is InChI=1S/C14H17NO2/c1-5-10-15-12-8-6-11(7-9-12)13(16)17-14(2,3)4/h1,6-9,15H,10H2,2-4H3. The van der Waals surface area contributed by atoms with E-state index in [1.165, 1.54) is 0 Å². The number of rotatable bonds is 3. The Labute approximate surface area is 102 Å². The zero-order valence-corrected chi connectivity index (χ0v) is 10.4. The van der Waals surface area contributed by atoms with Crippen LogP contribution in [0.5, 0.6) is 0 Å². The zero-order valence-electron chi connectivity index (χ0n) is 10.4. The highest BCUT2D eigenvalue weighted by atomic mass is 16.6. The van der Waals surface area contributed by atoms with Gasteiger partial charge in [-0.15, -0.1) is 6.42 Å². The molecule has 0 aliphatic rings. The average Bonchev–Trinajstić information content (AvgIpc) is 2.24. The fourth-order valence-electron chi connectivity index (χ4n) is 1.21. The number of nitrogens with one attached hydrogen (secondary N) is 1. The van der Waals surface area contributed by atoms with Gasteiger partial charge < -0.3 is 10.1 Å². The summed E-state index contributed by atoms with van der Waals surface area (Å²) < 4.78 is 5.25. The lowest BCUT2D eigenvalue weighted by Crippen LogP contribution is -2.23. The van der Waals surface area contributed by atoms with Crippen molar-refractivity contribution >= 4 is 11.7 Å². The summed E-state index contributed by atoms with van der Waals surface area (Å²) in [4.78, 5) is 11.7. The van der Waals surface area contributed by atoms with Crippen molar-refractivity contribution in [2.75, 3.05) is 11.9 Å². The van der Waals surface area contributed by atoms with E-state index in [-0.39, 0.29) is 5.97 Å². The molecular formula is C14H17NO2. The van der Waals surface area contributed by atoms with Crippen LogP contribution in [-0.4, -0.2) is 18.1 Å². The van der Waals surface area contributed by atoms with Gasteiger partial charge in [0.15, 0.2) is 0 Å². The van der Waals surface area contributed by atoms with E-state index in [9.17, 15) is 4.79 Å². The Morgan fingerprint density at radius 2 is 1.94 bits per heavy atom. The molecule has 0 unspecified atom stereocenters. The van der Waals surface area contributed by atoms with Crippen molar-refractivity contribution in [1.82, 2.24) is 0 Å². The van der Waals surface area contributed by atoms with Gasteiger partial charge in [-0.25, -0.2) is 4.79 Å². The van der Waals surface area contributed by atoms with E-state index in [0.29, 0.717) is 12.1 Å². The minimum Gasteiger partial charge on any atom is -0.456 e. The molecule has 90 valence electrons. The van der Waals surface area contributed by atoms with Crippen molar-refractivity contribution in [2.45, 2.75) is 26.4 Å². The summed E-state index contributed by atoms with van der Waals surface area (Å²) in [5.74, 6) is 2.16. The highest BCUT2D eigenvalue weighted by Crippen LogP contribution is 2.14. The molecule has 0 aromatic heterocycles. The minimum absolute atomic E-state index is 0.319. The molecule has 0 saturated heterocycles. The average molecular weight is 231 g/mol. The Bertz CT molecular complexity index is 421. The molecule has 0 fully saturated rings. The molecule has 0 saturated carbocycles. The van der Waals surface area contributed by atoms with E-state index in [1.807, 2.05) is 20.8 Å². The third-order valence-electron chi connectivity index (χ3n) is 1.91. The molecule has 0 bridgehead atoms. The molecule has 0 atom stereocenters. The third kappa shape index (κ3) is 4.60. The fraction of sp³-hybridized carbons (Fsp3) is 0.357. The molecule has 0 amide bonds. The minimum atomic E-state index is -0.475. The first kappa shape index (κ1) is 13.1. The maximum atomic E-state index is 11.7. The van der Waals surface area contributed by atoms with Crippen molar-refractivity contribution in [3.8, 4) is 12.3 Å². The van der Waals surface area contributed by atoms with Gasteiger partial charge >= 0.3 is 5.97 Å². The monoisotopic (exact) mass is 231 g/mol. The molecular weight excluding hydrogens is 214 g/mol. The number of carbonyl (C=O) groups excluding carboxylic acids is 1. The molecule has 0 heterocycles. The van der Waals surface area contributed by atoms with Crippen molar-refractivity contribution in [3.63, 3.8) is 0 Å². The quantitative estimate of drug-likeness (QED) is 0.642. The fourth-order valence-corrected chi connectivity index (χ4v) is 1.21. The van der Waals surface area contributed by atoms with Crippen LogP contribution in [0, 0.1) is 12.3 Å². The van der Waals surface area contributed by atoms with Crippen molar-refractivity contribution in [3.05, 3.63) is 29.8 Å². The molecule has 1 aromatic rings. The Hall–Kier alpha value is -1.95. The Morgan fingerprint density at radius 1 is 1.35 bits per heavy atom. The molecule has 17 heavy (non-hydrogen) atoms. The van der Waals surface area contributed by atoms with Gasteiger partial charge in [0, 0.05) is 5.69 Å². The molecule has 3 heteroatoms. The highest BCUT2D eigenvalue weighted by Gasteiger charge is 2.17. The number of esters is 1. The van der Waals surface area contributed by atoms with Crippen LogP contribution in [-0.2, 0) is 4.74 Å². The smallest absolute Gasteiger partial charge is 0.338 e. The summed E-state index contributed by atoms with van der Waals surface area (Å²) >= 11 is 0. The van der Waals surface area contributed by atoms with Gasteiger partial charge in [0.1, 0.15) is 5.60 Å². The van der Waals surface area contributed by atoms with Crippen LogP contribution in [0.4, 0.5) is 5.69 Å². The number of ether oxygens (including phenoxy) is 1. The summed E-state index contributed by atoms with van der Waals surface area (Å²) in [6.07, 6.45) is 5.14. The van der Waals surface area contributed by atoms with Gasteiger partial charge in [0.05, 0.1) is 12.1 Å². The Kier molecular flexibility index (Phi) is 4.17. The summed E-state index contributed by atoms with van der Waals surface area (Å²) in [6, 6.07) is 7.03. The van der Waals surface area contributed by atoms with E-state index in [2.05, 4.69) is 11.2 Å². The maximum Gasteiger partial charge on any atom is 0.338 e. The molecule has 1 N–H and O–H groups in total. The van der Waals surface area contributed by atoms with Gasteiger partial charge in [-0.05, 0) is 45.0 Å². The molecule has 0 aliphatic heterocycles. The van der Waals surface area contributed by atoms with Gasteiger partial charge in [-0.2, -0.15) is 0 Å². The van der Waals surface area contributed by atoms with E-state index in [0.717, 1.165) is 5.69 Å². The lowest BCUT2D eigenvalue weighted by molar-refractivity contribution is 0.00696. The Balaban J connectivity index is 2.68. The predicted molar refractivity (Wildman–Crippen MR) is 68.9 cm³/mol. The second-order valence-corrected chi connectivity index (χ2v) is 4.64. The number of hydrogen-bond acceptors (Lipinski definition) is 3. The van der Waals surface area contributed by atoms with Crippen LogP contribution in [0.25, 0.3) is 0 Å². The summed E-state index contributed by atoms with van der Waals surface area (Å²) in [5.41, 5.74) is 0.943. The maximum absolute atomic E-state index is 11.7. The van der Waals surface area contributed by atoms with Crippen LogP contribution in [0.3, 0.4) is 0 Å². The molecule has 0 aliphatic carbocycles. The normalized spacial score (nSPS) is 10.5. The van der Waals surface area contributed by atoms with Crippen LogP contribution < -0.4 is 5.32 Å². The lowest BCUT2D eigenvalue weighted by atomic mass is 10.1. The van der Waals surface area contributed by atoms with Crippen molar-refractivity contribution in [2.24, 2.45) is 0 Å². The molecule has 1 rings (SSSR count). The topological polar surface area (TPSA) is 38.3 Å². The van der Waals surface area contributed by atoms with Crippen LogP contribution >= 0.6 is 0 Å². The summed E-state index contributed by atoms with van der Waals surface area (Å²) in [7, 11) is 0. The van der Waals surface area contributed by atoms with Gasteiger partial charge in [0.25, 0.3) is 0 Å². The van der Waals surface area contributed by atoms with E-state index in [4.69, 9.17) is 11.2 Å². The number of benzene rings is 1. The predicted octanol–water partition coefficient (Wildman–Crippen LogP) is 2.69. The van der Waals surface area contributed by atoms with Gasteiger partial charge in [-0.1, -0.05) is 5.92 Å². The zero-order chi connectivity index (χ0) is 12.9. The second kappa shape index (κ2) is 5.40. The largest absolute Gasteiger partial charge is 0.456 e. The lowest BCUT2D eigenvalue weighted by Gasteiger charge is -2.19. The number of hydrogen-bond donors (Lipinski definition) is 1. The molecule has 0 spiro atoms. The number of terminal acetylenes is 1. The van der Waals surface area contributed by atoms with E-state index >= 15 is 0 Å². The first-order valence-corrected chi connectivity index (χ1v) is 5.43. The highest BCUT2D eigenvalue weighted by molar-refractivity contribution is 5.90. The van der Waals surface area contributed by atoms with Gasteiger partial charge in [-0.3, -0.25) is 0 Å². The van der Waals surface area contributed by atoms with Crippen molar-refractivity contribution < 1.29 is 9.53 Å². The van der Waals surface area contributed by atoms with Gasteiger partial charge in [0.2, 0.25) is 0 Å². The molecule has 0 radical (unpaired) electrons. The second-order valence-electron chi connectivity index (χ2n) is 4.64. The SMILES string of the molecule is C#CCNc1ccc(C(=O)OC(C)(C)C)cc1. The van der Waals surface area contributed by atoms with Crippen LogP contribution in [0.2, 0.25) is 0 Å². The molecule has 1 aromatic carbocycles. The third-order valence-corrected chi connectivity index (χ3v) is 1.91. The molecule has 3 nitrogen and oxygen atoms in total.